The molecular weight excluding hydrogens is 308 g/mol. The Kier molecular flexibility index (Phi) is 6.52. The Morgan fingerprint density at radius 2 is 2.17 bits per heavy atom. The van der Waals surface area contributed by atoms with Crippen molar-refractivity contribution < 1.29 is 0 Å². The highest BCUT2D eigenvalue weighted by Gasteiger charge is 2.12. The van der Waals surface area contributed by atoms with E-state index in [0.717, 1.165) is 27.7 Å². The number of aromatic nitrogens is 1. The number of thioether (sulfide) groups is 1. The highest BCUT2D eigenvalue weighted by atomic mass is 79.9. The first-order valence-corrected chi connectivity index (χ1v) is 8.58. The minimum Gasteiger partial charge on any atom is -0.316 e. The fourth-order valence-corrected chi connectivity index (χ4v) is 3.77. The molecule has 0 radical (unpaired) electrons. The topological polar surface area (TPSA) is 24.9 Å². The molecule has 0 aliphatic heterocycles. The Labute approximate surface area is 122 Å². The summed E-state index contributed by atoms with van der Waals surface area (Å²) in [4.78, 5) is 4.35. The smallest absolute Gasteiger partial charge is 0.110 e. The van der Waals surface area contributed by atoms with Crippen LogP contribution in [0.5, 0.6) is 0 Å². The minimum absolute atomic E-state index is 0.922. The molecule has 18 heavy (non-hydrogen) atoms. The molecule has 1 saturated carbocycles. The highest BCUT2D eigenvalue weighted by Crippen LogP contribution is 2.24. The Balaban J connectivity index is 1.57. The van der Waals surface area contributed by atoms with Gasteiger partial charge in [-0.05, 0) is 53.4 Å². The van der Waals surface area contributed by atoms with E-state index in [1.54, 1.807) is 0 Å². The second kappa shape index (κ2) is 8.18. The summed E-state index contributed by atoms with van der Waals surface area (Å²) in [5.41, 5.74) is 0. The number of pyridine rings is 1. The molecule has 0 saturated heterocycles. The van der Waals surface area contributed by atoms with Crippen molar-refractivity contribution in [3.8, 4) is 0 Å². The molecule has 2 rings (SSSR count). The minimum atomic E-state index is 0.922. The van der Waals surface area contributed by atoms with E-state index < -0.39 is 0 Å². The Bertz CT molecular complexity index is 353. The van der Waals surface area contributed by atoms with Crippen molar-refractivity contribution in [2.45, 2.75) is 37.1 Å². The molecule has 0 amide bonds. The monoisotopic (exact) mass is 328 g/mol. The first-order valence-electron chi connectivity index (χ1n) is 6.80. The van der Waals surface area contributed by atoms with Gasteiger partial charge >= 0.3 is 0 Å². The van der Waals surface area contributed by atoms with Crippen molar-refractivity contribution in [3.05, 3.63) is 22.8 Å². The largest absolute Gasteiger partial charge is 0.316 e. The van der Waals surface area contributed by atoms with Crippen LogP contribution in [0.15, 0.2) is 27.8 Å². The van der Waals surface area contributed by atoms with Crippen LogP contribution in [0.3, 0.4) is 0 Å². The summed E-state index contributed by atoms with van der Waals surface area (Å²) in [6, 6.07) is 4.00. The maximum absolute atomic E-state index is 4.35. The Morgan fingerprint density at radius 1 is 1.33 bits per heavy atom. The van der Waals surface area contributed by atoms with Gasteiger partial charge in [0.1, 0.15) is 5.03 Å². The predicted molar refractivity (Wildman–Crippen MR) is 82.1 cm³/mol. The summed E-state index contributed by atoms with van der Waals surface area (Å²) in [7, 11) is 0. The molecular formula is C14H21BrN2S. The summed E-state index contributed by atoms with van der Waals surface area (Å²) < 4.78 is 1.10. The SMILES string of the molecule is Brc1cccnc1SCCNCC1CCCCC1. The second-order valence-electron chi connectivity index (χ2n) is 4.85. The number of hydrogen-bond donors (Lipinski definition) is 1. The molecule has 0 spiro atoms. The number of nitrogens with one attached hydrogen (secondary N) is 1. The molecule has 0 atom stereocenters. The average Bonchev–Trinajstić information content (AvgIpc) is 2.42. The van der Waals surface area contributed by atoms with E-state index in [4.69, 9.17) is 0 Å². The van der Waals surface area contributed by atoms with Gasteiger partial charge in [0.2, 0.25) is 0 Å². The van der Waals surface area contributed by atoms with E-state index in [1.807, 2.05) is 30.1 Å². The van der Waals surface area contributed by atoms with E-state index in [1.165, 1.54) is 38.6 Å². The molecule has 1 aliphatic carbocycles. The van der Waals surface area contributed by atoms with Crippen molar-refractivity contribution in [2.75, 3.05) is 18.8 Å². The van der Waals surface area contributed by atoms with E-state index in [2.05, 4.69) is 26.2 Å². The van der Waals surface area contributed by atoms with E-state index >= 15 is 0 Å². The van der Waals surface area contributed by atoms with E-state index in [9.17, 15) is 0 Å². The lowest BCUT2D eigenvalue weighted by Gasteiger charge is -2.21. The van der Waals surface area contributed by atoms with E-state index in [-0.39, 0.29) is 0 Å². The summed E-state index contributed by atoms with van der Waals surface area (Å²) in [5.74, 6) is 2.01. The third kappa shape index (κ3) is 4.90. The van der Waals surface area contributed by atoms with Crippen LogP contribution in [0.4, 0.5) is 0 Å². The lowest BCUT2D eigenvalue weighted by molar-refractivity contribution is 0.345. The molecule has 100 valence electrons. The number of halogens is 1. The molecule has 1 N–H and O–H groups in total. The number of hydrogen-bond acceptors (Lipinski definition) is 3. The fourth-order valence-electron chi connectivity index (χ4n) is 2.39. The third-order valence-corrected chi connectivity index (χ3v) is 5.31. The maximum atomic E-state index is 4.35. The number of nitrogens with zero attached hydrogens (tertiary/aromatic N) is 1. The molecule has 1 fully saturated rings. The molecule has 1 aliphatic rings. The van der Waals surface area contributed by atoms with Gasteiger partial charge in [-0.3, -0.25) is 0 Å². The molecule has 0 bridgehead atoms. The number of rotatable bonds is 6. The zero-order chi connectivity index (χ0) is 12.6. The van der Waals surface area contributed by atoms with Crippen LogP contribution in [0, 0.1) is 5.92 Å². The summed E-state index contributed by atoms with van der Waals surface area (Å²) >= 11 is 5.34. The van der Waals surface area contributed by atoms with Crippen LogP contribution in [0.2, 0.25) is 0 Å². The Morgan fingerprint density at radius 3 is 2.94 bits per heavy atom. The zero-order valence-electron chi connectivity index (χ0n) is 10.7. The quantitative estimate of drug-likeness (QED) is 0.628. The fraction of sp³-hybridized carbons (Fsp3) is 0.643. The molecule has 1 aromatic heterocycles. The van der Waals surface area contributed by atoms with Gasteiger partial charge in [0.15, 0.2) is 0 Å². The van der Waals surface area contributed by atoms with Crippen molar-refractivity contribution in [1.29, 1.82) is 0 Å². The van der Waals surface area contributed by atoms with Crippen LogP contribution in [0.25, 0.3) is 0 Å². The van der Waals surface area contributed by atoms with Crippen molar-refractivity contribution >= 4 is 27.7 Å². The lowest BCUT2D eigenvalue weighted by Crippen LogP contribution is -2.26. The van der Waals surface area contributed by atoms with E-state index in [0.29, 0.717) is 0 Å². The van der Waals surface area contributed by atoms with Gasteiger partial charge in [-0.2, -0.15) is 0 Å². The van der Waals surface area contributed by atoms with Gasteiger partial charge in [-0.1, -0.05) is 19.3 Å². The van der Waals surface area contributed by atoms with Gasteiger partial charge < -0.3 is 5.32 Å². The molecule has 2 nitrogen and oxygen atoms in total. The summed E-state index contributed by atoms with van der Waals surface area (Å²) in [6.07, 6.45) is 9.00. The van der Waals surface area contributed by atoms with Crippen molar-refractivity contribution in [3.63, 3.8) is 0 Å². The van der Waals surface area contributed by atoms with Crippen molar-refractivity contribution in [1.82, 2.24) is 10.3 Å². The van der Waals surface area contributed by atoms with Crippen LogP contribution >= 0.6 is 27.7 Å². The van der Waals surface area contributed by atoms with Gasteiger partial charge in [0, 0.05) is 23.0 Å². The first-order chi connectivity index (χ1) is 8.86. The van der Waals surface area contributed by atoms with Crippen LogP contribution in [-0.4, -0.2) is 23.8 Å². The second-order valence-corrected chi connectivity index (χ2v) is 6.78. The summed E-state index contributed by atoms with van der Waals surface area (Å²) in [5, 5.41) is 4.68. The van der Waals surface area contributed by atoms with Gasteiger partial charge in [0.25, 0.3) is 0 Å². The van der Waals surface area contributed by atoms with Gasteiger partial charge in [-0.15, -0.1) is 11.8 Å². The standard InChI is InChI=1S/C14H21BrN2S/c15-13-7-4-8-17-14(13)18-10-9-16-11-12-5-2-1-3-6-12/h4,7-8,12,16H,1-3,5-6,9-11H2. The zero-order valence-corrected chi connectivity index (χ0v) is 13.1. The first kappa shape index (κ1) is 14.4. The van der Waals surface area contributed by atoms with Crippen LogP contribution < -0.4 is 5.32 Å². The van der Waals surface area contributed by atoms with Crippen molar-refractivity contribution in [2.24, 2.45) is 5.92 Å². The lowest BCUT2D eigenvalue weighted by atomic mass is 9.89. The molecule has 1 aromatic rings. The van der Waals surface area contributed by atoms with Gasteiger partial charge in [-0.25, -0.2) is 4.98 Å². The molecule has 0 aromatic carbocycles. The van der Waals surface area contributed by atoms with Gasteiger partial charge in [0.05, 0.1) is 0 Å². The average molecular weight is 329 g/mol. The maximum Gasteiger partial charge on any atom is 0.110 e. The normalized spacial score (nSPS) is 16.9. The van der Waals surface area contributed by atoms with Crippen LogP contribution in [-0.2, 0) is 0 Å². The summed E-state index contributed by atoms with van der Waals surface area (Å²) in [6.45, 7) is 2.27. The third-order valence-electron chi connectivity index (χ3n) is 3.40. The molecule has 4 heteroatoms. The molecule has 0 unspecified atom stereocenters. The Hall–Kier alpha value is -0.0600. The highest BCUT2D eigenvalue weighted by molar-refractivity contribution is 9.10. The molecule has 1 heterocycles. The van der Waals surface area contributed by atoms with Crippen LogP contribution in [0.1, 0.15) is 32.1 Å². The predicted octanol–water partition coefficient (Wildman–Crippen LogP) is 4.11.